The second-order valence-electron chi connectivity index (χ2n) is 5.71. The summed E-state index contributed by atoms with van der Waals surface area (Å²) in [6.45, 7) is 11.0. The van der Waals surface area contributed by atoms with Crippen LogP contribution >= 0.6 is 11.6 Å². The summed E-state index contributed by atoms with van der Waals surface area (Å²) >= 11 is 6.22. The average Bonchev–Trinajstić information content (AvgIpc) is 2.36. The van der Waals surface area contributed by atoms with Crippen molar-refractivity contribution >= 4 is 11.6 Å². The molecule has 1 N–H and O–H groups in total. The smallest absolute Gasteiger partial charge is 0.142 e. The van der Waals surface area contributed by atoms with Gasteiger partial charge in [0, 0.05) is 12.1 Å². The predicted octanol–water partition coefficient (Wildman–Crippen LogP) is 4.03. The first-order valence-electron chi connectivity index (χ1n) is 7.19. The number of ether oxygens (including phenoxy) is 2. The molecule has 1 aromatic carbocycles. The summed E-state index contributed by atoms with van der Waals surface area (Å²) in [5.74, 6) is 0.760. The van der Waals surface area contributed by atoms with Crippen LogP contribution in [0.3, 0.4) is 0 Å². The molecule has 0 aliphatic rings. The summed E-state index contributed by atoms with van der Waals surface area (Å²) in [6.07, 6.45) is 1.11. The Labute approximate surface area is 127 Å². The van der Waals surface area contributed by atoms with Crippen molar-refractivity contribution in [1.29, 1.82) is 0 Å². The van der Waals surface area contributed by atoms with Crippen LogP contribution in [-0.2, 0) is 11.3 Å². The van der Waals surface area contributed by atoms with Gasteiger partial charge in [-0.1, -0.05) is 30.7 Å². The van der Waals surface area contributed by atoms with Crippen LogP contribution in [0.2, 0.25) is 5.02 Å². The van der Waals surface area contributed by atoms with E-state index in [9.17, 15) is 0 Å². The standard InChI is InChI=1S/C16H26ClNO2/c1-5-9-18-12-13-7-6-8-14(17)15(13)19-10-11-20-16(2,3)4/h6-8,18H,5,9-12H2,1-4H3. The molecule has 114 valence electrons. The summed E-state index contributed by atoms with van der Waals surface area (Å²) in [4.78, 5) is 0. The molecule has 1 aromatic rings. The maximum Gasteiger partial charge on any atom is 0.142 e. The molecule has 0 aliphatic carbocycles. The number of benzene rings is 1. The van der Waals surface area contributed by atoms with Crippen molar-refractivity contribution in [2.24, 2.45) is 0 Å². The lowest BCUT2D eigenvalue weighted by molar-refractivity contribution is -0.0163. The predicted molar refractivity (Wildman–Crippen MR) is 84.6 cm³/mol. The molecule has 1 rings (SSSR count). The Hall–Kier alpha value is -0.770. The Morgan fingerprint density at radius 2 is 1.95 bits per heavy atom. The molecule has 0 saturated heterocycles. The number of hydrogen-bond donors (Lipinski definition) is 1. The Kier molecular flexibility index (Phi) is 7.35. The van der Waals surface area contributed by atoms with E-state index in [4.69, 9.17) is 21.1 Å². The maximum absolute atomic E-state index is 6.22. The van der Waals surface area contributed by atoms with E-state index in [0.717, 1.165) is 30.8 Å². The van der Waals surface area contributed by atoms with E-state index in [1.54, 1.807) is 0 Å². The lowest BCUT2D eigenvalue weighted by Crippen LogP contribution is -2.23. The van der Waals surface area contributed by atoms with Crippen molar-refractivity contribution in [1.82, 2.24) is 5.32 Å². The lowest BCUT2D eigenvalue weighted by atomic mass is 10.2. The quantitative estimate of drug-likeness (QED) is 0.735. The molecule has 0 fully saturated rings. The van der Waals surface area contributed by atoms with Gasteiger partial charge in [-0.2, -0.15) is 0 Å². The number of nitrogens with one attached hydrogen (secondary N) is 1. The molecule has 0 unspecified atom stereocenters. The Morgan fingerprint density at radius 1 is 1.20 bits per heavy atom. The largest absolute Gasteiger partial charge is 0.489 e. The number of para-hydroxylation sites is 1. The van der Waals surface area contributed by atoms with E-state index in [-0.39, 0.29) is 5.60 Å². The molecule has 0 amide bonds. The molecule has 0 saturated carbocycles. The Balaban J connectivity index is 2.54. The van der Waals surface area contributed by atoms with Gasteiger partial charge in [0.2, 0.25) is 0 Å². The zero-order valence-electron chi connectivity index (χ0n) is 13.0. The van der Waals surface area contributed by atoms with Crippen LogP contribution in [0.1, 0.15) is 39.7 Å². The van der Waals surface area contributed by atoms with Gasteiger partial charge in [0.05, 0.1) is 17.2 Å². The van der Waals surface area contributed by atoms with Crippen LogP contribution in [0, 0.1) is 0 Å². The van der Waals surface area contributed by atoms with Crippen molar-refractivity contribution in [3.05, 3.63) is 28.8 Å². The third-order valence-corrected chi connectivity index (χ3v) is 2.95. The summed E-state index contributed by atoms with van der Waals surface area (Å²) in [5.41, 5.74) is 0.941. The highest BCUT2D eigenvalue weighted by Gasteiger charge is 2.11. The molecule has 0 heterocycles. The topological polar surface area (TPSA) is 30.5 Å². The average molecular weight is 300 g/mol. The van der Waals surface area contributed by atoms with Crippen molar-refractivity contribution in [3.8, 4) is 5.75 Å². The van der Waals surface area contributed by atoms with Crippen molar-refractivity contribution in [2.75, 3.05) is 19.8 Å². The van der Waals surface area contributed by atoms with E-state index in [1.165, 1.54) is 0 Å². The highest BCUT2D eigenvalue weighted by atomic mass is 35.5. The summed E-state index contributed by atoms with van der Waals surface area (Å²) in [7, 11) is 0. The first-order valence-corrected chi connectivity index (χ1v) is 7.56. The molecular formula is C16H26ClNO2. The molecule has 0 radical (unpaired) electrons. The van der Waals surface area contributed by atoms with Gasteiger partial charge in [-0.25, -0.2) is 0 Å². The second kappa shape index (κ2) is 8.50. The minimum atomic E-state index is -0.143. The van der Waals surface area contributed by atoms with E-state index in [1.807, 2.05) is 39.0 Å². The molecule has 4 heteroatoms. The number of rotatable bonds is 8. The SMILES string of the molecule is CCCNCc1cccc(Cl)c1OCCOC(C)(C)C. The molecule has 0 aliphatic heterocycles. The van der Waals surface area contributed by atoms with Gasteiger partial charge in [-0.3, -0.25) is 0 Å². The number of hydrogen-bond acceptors (Lipinski definition) is 3. The molecular weight excluding hydrogens is 274 g/mol. The zero-order chi connectivity index (χ0) is 15.0. The molecule has 3 nitrogen and oxygen atoms in total. The Morgan fingerprint density at radius 3 is 2.60 bits per heavy atom. The van der Waals surface area contributed by atoms with Crippen LogP contribution < -0.4 is 10.1 Å². The minimum Gasteiger partial charge on any atom is -0.489 e. The fourth-order valence-corrected chi connectivity index (χ4v) is 1.99. The molecule has 0 atom stereocenters. The summed E-state index contributed by atoms with van der Waals surface area (Å²) < 4.78 is 11.4. The van der Waals surface area contributed by atoms with Gasteiger partial charge in [0.25, 0.3) is 0 Å². The summed E-state index contributed by atoms with van der Waals surface area (Å²) in [5, 5.41) is 4.01. The van der Waals surface area contributed by atoms with Gasteiger partial charge < -0.3 is 14.8 Å². The molecule has 0 spiro atoms. The van der Waals surface area contributed by atoms with Gasteiger partial charge >= 0.3 is 0 Å². The summed E-state index contributed by atoms with van der Waals surface area (Å²) in [6, 6.07) is 5.84. The van der Waals surface area contributed by atoms with Gasteiger partial charge in [0.15, 0.2) is 0 Å². The fourth-order valence-electron chi connectivity index (χ4n) is 1.75. The van der Waals surface area contributed by atoms with Crippen molar-refractivity contribution < 1.29 is 9.47 Å². The normalized spacial score (nSPS) is 11.7. The van der Waals surface area contributed by atoms with Crippen LogP contribution in [-0.4, -0.2) is 25.4 Å². The Bertz CT molecular complexity index is 402. The van der Waals surface area contributed by atoms with Crippen LogP contribution in [0.15, 0.2) is 18.2 Å². The van der Waals surface area contributed by atoms with E-state index >= 15 is 0 Å². The molecule has 0 bridgehead atoms. The minimum absolute atomic E-state index is 0.143. The van der Waals surface area contributed by atoms with E-state index in [0.29, 0.717) is 18.2 Å². The second-order valence-corrected chi connectivity index (χ2v) is 6.12. The van der Waals surface area contributed by atoms with Crippen LogP contribution in [0.4, 0.5) is 0 Å². The van der Waals surface area contributed by atoms with Gasteiger partial charge in [-0.15, -0.1) is 0 Å². The highest BCUT2D eigenvalue weighted by Crippen LogP contribution is 2.28. The molecule has 0 aromatic heterocycles. The highest BCUT2D eigenvalue weighted by molar-refractivity contribution is 6.32. The third kappa shape index (κ3) is 6.60. The maximum atomic E-state index is 6.22. The third-order valence-electron chi connectivity index (χ3n) is 2.66. The van der Waals surface area contributed by atoms with E-state index < -0.39 is 0 Å². The van der Waals surface area contributed by atoms with Crippen LogP contribution in [0.25, 0.3) is 0 Å². The van der Waals surface area contributed by atoms with Gasteiger partial charge in [0.1, 0.15) is 12.4 Å². The van der Waals surface area contributed by atoms with E-state index in [2.05, 4.69) is 12.2 Å². The molecule has 20 heavy (non-hydrogen) atoms. The monoisotopic (exact) mass is 299 g/mol. The fraction of sp³-hybridized carbons (Fsp3) is 0.625. The van der Waals surface area contributed by atoms with Crippen molar-refractivity contribution in [2.45, 2.75) is 46.3 Å². The van der Waals surface area contributed by atoms with Gasteiger partial charge in [-0.05, 0) is 39.8 Å². The lowest BCUT2D eigenvalue weighted by Gasteiger charge is -2.20. The number of halogens is 1. The van der Waals surface area contributed by atoms with Crippen LogP contribution in [0.5, 0.6) is 5.75 Å². The van der Waals surface area contributed by atoms with Crippen molar-refractivity contribution in [3.63, 3.8) is 0 Å². The first-order chi connectivity index (χ1) is 9.44. The zero-order valence-corrected chi connectivity index (χ0v) is 13.7. The first kappa shape index (κ1) is 17.3.